The molecule has 5 nitrogen and oxygen atoms in total. The summed E-state index contributed by atoms with van der Waals surface area (Å²) < 4.78 is 0. The number of carboxylic acids is 1. The van der Waals surface area contributed by atoms with Crippen molar-refractivity contribution in [1.29, 1.82) is 0 Å². The Hall–Kier alpha value is -2.69. The van der Waals surface area contributed by atoms with Crippen molar-refractivity contribution in [2.45, 2.75) is 19.3 Å². The van der Waals surface area contributed by atoms with Crippen LogP contribution in [-0.2, 0) is 22.4 Å². The molecule has 1 heterocycles. The lowest BCUT2D eigenvalue weighted by Crippen LogP contribution is -2.37. The zero-order valence-corrected chi connectivity index (χ0v) is 12.9. The van der Waals surface area contributed by atoms with Crippen LogP contribution in [0.3, 0.4) is 0 Å². The fourth-order valence-electron chi connectivity index (χ4n) is 2.30. The number of carbonyl (C=O) groups is 2. The third kappa shape index (κ3) is 5.90. The van der Waals surface area contributed by atoms with E-state index in [-0.39, 0.29) is 18.9 Å². The average Bonchev–Trinajstić information content (AvgIpc) is 2.58. The highest BCUT2D eigenvalue weighted by molar-refractivity contribution is 5.81. The monoisotopic (exact) mass is 312 g/mol. The molecule has 0 saturated heterocycles. The highest BCUT2D eigenvalue weighted by Crippen LogP contribution is 2.05. The molecule has 0 radical (unpaired) electrons. The number of amides is 1. The average molecular weight is 312 g/mol. The first-order valence-electron chi connectivity index (χ1n) is 7.58. The van der Waals surface area contributed by atoms with Crippen molar-refractivity contribution in [3.63, 3.8) is 0 Å². The Morgan fingerprint density at radius 2 is 1.74 bits per heavy atom. The molecule has 0 aliphatic carbocycles. The molecule has 0 unspecified atom stereocenters. The summed E-state index contributed by atoms with van der Waals surface area (Å²) in [5.41, 5.74) is 1.92. The van der Waals surface area contributed by atoms with E-state index in [1.54, 1.807) is 6.20 Å². The highest BCUT2D eigenvalue weighted by atomic mass is 16.4. The molecule has 1 N–H and O–H groups in total. The van der Waals surface area contributed by atoms with Gasteiger partial charge in [-0.25, -0.2) is 0 Å². The molecule has 1 amide bonds. The normalized spacial score (nSPS) is 10.3. The number of benzene rings is 1. The quantitative estimate of drug-likeness (QED) is 0.811. The van der Waals surface area contributed by atoms with Gasteiger partial charge in [0.05, 0.1) is 0 Å². The summed E-state index contributed by atoms with van der Waals surface area (Å²) in [6.07, 6.45) is 3.11. The molecule has 2 aromatic rings. The standard InChI is InChI=1S/C18H20N2O3/c21-17(10-9-16-8-4-5-12-19-16)20(14-18(22)23)13-11-15-6-2-1-3-7-15/h1-8,12H,9-11,13-14H2,(H,22,23). The SMILES string of the molecule is O=C(O)CN(CCc1ccccc1)C(=O)CCc1ccccn1. The Morgan fingerprint density at radius 1 is 1.00 bits per heavy atom. The molecule has 0 aliphatic rings. The van der Waals surface area contributed by atoms with Gasteiger partial charge in [-0.1, -0.05) is 36.4 Å². The summed E-state index contributed by atoms with van der Waals surface area (Å²) in [7, 11) is 0. The van der Waals surface area contributed by atoms with Gasteiger partial charge in [0.25, 0.3) is 0 Å². The highest BCUT2D eigenvalue weighted by Gasteiger charge is 2.16. The maximum Gasteiger partial charge on any atom is 0.323 e. The van der Waals surface area contributed by atoms with E-state index in [0.717, 1.165) is 11.3 Å². The summed E-state index contributed by atoms with van der Waals surface area (Å²) in [5, 5.41) is 9.01. The van der Waals surface area contributed by atoms with Gasteiger partial charge in [0.2, 0.25) is 5.91 Å². The lowest BCUT2D eigenvalue weighted by atomic mass is 10.1. The minimum Gasteiger partial charge on any atom is -0.480 e. The lowest BCUT2D eigenvalue weighted by molar-refractivity contribution is -0.144. The van der Waals surface area contributed by atoms with Crippen LogP contribution in [0.1, 0.15) is 17.7 Å². The second-order valence-corrected chi connectivity index (χ2v) is 5.27. The number of aromatic nitrogens is 1. The first-order chi connectivity index (χ1) is 11.1. The van der Waals surface area contributed by atoms with E-state index < -0.39 is 5.97 Å². The minimum atomic E-state index is -0.996. The predicted molar refractivity (Wildman–Crippen MR) is 86.9 cm³/mol. The minimum absolute atomic E-state index is 0.158. The van der Waals surface area contributed by atoms with Gasteiger partial charge in [0.15, 0.2) is 0 Å². The number of hydrogen-bond donors (Lipinski definition) is 1. The zero-order chi connectivity index (χ0) is 16.5. The van der Waals surface area contributed by atoms with E-state index in [0.29, 0.717) is 19.4 Å². The van der Waals surface area contributed by atoms with Crippen LogP contribution in [0.25, 0.3) is 0 Å². The van der Waals surface area contributed by atoms with Crippen LogP contribution in [0.5, 0.6) is 0 Å². The van der Waals surface area contributed by atoms with Crippen molar-refractivity contribution < 1.29 is 14.7 Å². The maximum atomic E-state index is 12.3. The summed E-state index contributed by atoms with van der Waals surface area (Å²) in [6.45, 7) is 0.130. The molecule has 120 valence electrons. The topological polar surface area (TPSA) is 70.5 Å². The second kappa shape index (κ2) is 8.68. The molecule has 5 heteroatoms. The Kier molecular flexibility index (Phi) is 6.29. The predicted octanol–water partition coefficient (Wildman–Crippen LogP) is 2.17. The number of aliphatic carboxylic acids is 1. The van der Waals surface area contributed by atoms with Crippen LogP contribution in [-0.4, -0.2) is 40.0 Å². The van der Waals surface area contributed by atoms with Crippen molar-refractivity contribution in [2.75, 3.05) is 13.1 Å². The Morgan fingerprint density at radius 3 is 2.39 bits per heavy atom. The van der Waals surface area contributed by atoms with Gasteiger partial charge >= 0.3 is 5.97 Å². The molecule has 1 aromatic carbocycles. The number of hydrogen-bond acceptors (Lipinski definition) is 3. The van der Waals surface area contributed by atoms with Crippen LogP contribution >= 0.6 is 0 Å². The van der Waals surface area contributed by atoms with Crippen LogP contribution < -0.4 is 0 Å². The van der Waals surface area contributed by atoms with Gasteiger partial charge < -0.3 is 10.0 Å². The van der Waals surface area contributed by atoms with Crippen LogP contribution in [0, 0.1) is 0 Å². The van der Waals surface area contributed by atoms with Crippen molar-refractivity contribution in [3.8, 4) is 0 Å². The van der Waals surface area contributed by atoms with Crippen molar-refractivity contribution in [3.05, 3.63) is 66.0 Å². The van der Waals surface area contributed by atoms with Crippen molar-refractivity contribution in [1.82, 2.24) is 9.88 Å². The number of aryl methyl sites for hydroxylation is 1. The summed E-state index contributed by atoms with van der Waals surface area (Å²) in [4.78, 5) is 28.9. The van der Waals surface area contributed by atoms with Gasteiger partial charge in [-0.2, -0.15) is 0 Å². The van der Waals surface area contributed by atoms with E-state index in [1.165, 1.54) is 4.90 Å². The van der Waals surface area contributed by atoms with Crippen molar-refractivity contribution in [2.24, 2.45) is 0 Å². The molecule has 0 saturated carbocycles. The number of carbonyl (C=O) groups excluding carboxylic acids is 1. The summed E-state index contributed by atoms with van der Waals surface area (Å²) in [5.74, 6) is -1.15. The number of nitrogens with zero attached hydrogens (tertiary/aromatic N) is 2. The number of carboxylic acid groups (broad SMARTS) is 1. The Bertz CT molecular complexity index is 629. The lowest BCUT2D eigenvalue weighted by Gasteiger charge is -2.20. The Balaban J connectivity index is 1.91. The fraction of sp³-hybridized carbons (Fsp3) is 0.278. The molecular formula is C18H20N2O3. The van der Waals surface area contributed by atoms with E-state index in [4.69, 9.17) is 5.11 Å². The Labute approximate surface area is 135 Å². The summed E-state index contributed by atoms with van der Waals surface area (Å²) >= 11 is 0. The van der Waals surface area contributed by atoms with E-state index >= 15 is 0 Å². The molecule has 0 fully saturated rings. The fourth-order valence-corrected chi connectivity index (χ4v) is 2.30. The van der Waals surface area contributed by atoms with Gasteiger partial charge in [-0.15, -0.1) is 0 Å². The molecular weight excluding hydrogens is 292 g/mol. The van der Waals surface area contributed by atoms with E-state index in [2.05, 4.69) is 4.98 Å². The first-order valence-corrected chi connectivity index (χ1v) is 7.58. The zero-order valence-electron chi connectivity index (χ0n) is 12.9. The maximum absolute atomic E-state index is 12.3. The molecule has 0 spiro atoms. The summed E-state index contributed by atoms with van der Waals surface area (Å²) in [6, 6.07) is 15.3. The van der Waals surface area contributed by atoms with Crippen LogP contribution in [0.2, 0.25) is 0 Å². The van der Waals surface area contributed by atoms with Crippen molar-refractivity contribution >= 4 is 11.9 Å². The largest absolute Gasteiger partial charge is 0.480 e. The molecule has 23 heavy (non-hydrogen) atoms. The van der Waals surface area contributed by atoms with E-state index in [1.807, 2.05) is 48.5 Å². The molecule has 0 aliphatic heterocycles. The molecule has 0 atom stereocenters. The van der Waals surface area contributed by atoms with Gasteiger partial charge in [0, 0.05) is 24.9 Å². The van der Waals surface area contributed by atoms with Gasteiger partial charge in [-0.05, 0) is 30.5 Å². The molecule has 2 rings (SSSR count). The second-order valence-electron chi connectivity index (χ2n) is 5.27. The van der Waals surface area contributed by atoms with E-state index in [9.17, 15) is 9.59 Å². The van der Waals surface area contributed by atoms with Crippen LogP contribution in [0.4, 0.5) is 0 Å². The third-order valence-electron chi connectivity index (χ3n) is 3.51. The first kappa shape index (κ1) is 16.7. The number of rotatable bonds is 8. The molecule has 0 bridgehead atoms. The van der Waals surface area contributed by atoms with Crippen LogP contribution in [0.15, 0.2) is 54.7 Å². The van der Waals surface area contributed by atoms with Gasteiger partial charge in [-0.3, -0.25) is 14.6 Å². The number of pyridine rings is 1. The smallest absolute Gasteiger partial charge is 0.323 e. The van der Waals surface area contributed by atoms with Gasteiger partial charge in [0.1, 0.15) is 6.54 Å². The molecule has 1 aromatic heterocycles. The third-order valence-corrected chi connectivity index (χ3v) is 3.51.